The SMILES string of the molecule is CN(CC(=O)Nc1cc(C(F)(F)F)ccc1-n1cccn1)S(=O)(=O)c1ccc(Cl)s1. The van der Waals surface area contributed by atoms with Crippen molar-refractivity contribution in [2.75, 3.05) is 18.9 Å². The number of benzene rings is 1. The maximum Gasteiger partial charge on any atom is 0.416 e. The van der Waals surface area contributed by atoms with E-state index in [4.69, 9.17) is 11.6 Å². The van der Waals surface area contributed by atoms with E-state index in [0.717, 1.165) is 27.8 Å². The zero-order valence-electron chi connectivity index (χ0n) is 15.2. The van der Waals surface area contributed by atoms with E-state index in [1.807, 2.05) is 0 Å². The molecule has 160 valence electrons. The van der Waals surface area contributed by atoms with Crippen molar-refractivity contribution in [1.82, 2.24) is 14.1 Å². The van der Waals surface area contributed by atoms with E-state index in [9.17, 15) is 26.4 Å². The summed E-state index contributed by atoms with van der Waals surface area (Å²) in [5.41, 5.74) is -0.941. The van der Waals surface area contributed by atoms with Gasteiger partial charge in [0.2, 0.25) is 5.91 Å². The van der Waals surface area contributed by atoms with Gasteiger partial charge in [-0.15, -0.1) is 11.3 Å². The van der Waals surface area contributed by atoms with Gasteiger partial charge in [-0.1, -0.05) is 11.6 Å². The molecule has 1 aromatic carbocycles. The molecule has 0 saturated heterocycles. The zero-order chi connectivity index (χ0) is 22.1. The van der Waals surface area contributed by atoms with Crippen LogP contribution >= 0.6 is 22.9 Å². The number of rotatable bonds is 6. The lowest BCUT2D eigenvalue weighted by Crippen LogP contribution is -2.34. The molecule has 2 aromatic heterocycles. The summed E-state index contributed by atoms with van der Waals surface area (Å²) in [5, 5.41) is 6.30. The number of nitrogens with zero attached hydrogens (tertiary/aromatic N) is 3. The molecule has 13 heteroatoms. The molecule has 0 aliphatic carbocycles. The lowest BCUT2D eigenvalue weighted by molar-refractivity contribution is -0.137. The van der Waals surface area contributed by atoms with Crippen LogP contribution in [0.25, 0.3) is 5.69 Å². The predicted octanol–water partition coefficient (Wildman–Crippen LogP) is 3.87. The molecule has 0 bridgehead atoms. The fourth-order valence-electron chi connectivity index (χ4n) is 2.49. The summed E-state index contributed by atoms with van der Waals surface area (Å²) in [6.45, 7) is -0.618. The van der Waals surface area contributed by atoms with Gasteiger partial charge in [0.1, 0.15) is 4.21 Å². The minimum Gasteiger partial charge on any atom is -0.323 e. The number of sulfonamides is 1. The summed E-state index contributed by atoms with van der Waals surface area (Å²) in [6.07, 6.45) is -1.70. The largest absolute Gasteiger partial charge is 0.416 e. The van der Waals surface area contributed by atoms with E-state index in [1.165, 1.54) is 42.3 Å². The van der Waals surface area contributed by atoms with Gasteiger partial charge in [0.15, 0.2) is 0 Å². The van der Waals surface area contributed by atoms with Crippen LogP contribution in [0.4, 0.5) is 18.9 Å². The van der Waals surface area contributed by atoms with Gasteiger partial charge in [0, 0.05) is 19.4 Å². The third-order valence-electron chi connectivity index (χ3n) is 3.93. The molecule has 0 aliphatic heterocycles. The van der Waals surface area contributed by atoms with Crippen molar-refractivity contribution in [3.8, 4) is 5.69 Å². The highest BCUT2D eigenvalue weighted by Crippen LogP contribution is 2.33. The second-order valence-corrected chi connectivity index (χ2v) is 10.0. The number of anilines is 1. The van der Waals surface area contributed by atoms with E-state index in [2.05, 4.69) is 10.4 Å². The van der Waals surface area contributed by atoms with Crippen molar-refractivity contribution < 1.29 is 26.4 Å². The maximum atomic E-state index is 13.1. The second-order valence-electron chi connectivity index (χ2n) is 6.05. The van der Waals surface area contributed by atoms with Crippen molar-refractivity contribution in [3.63, 3.8) is 0 Å². The van der Waals surface area contributed by atoms with Gasteiger partial charge in [-0.2, -0.15) is 22.6 Å². The molecule has 1 amide bonds. The maximum absolute atomic E-state index is 13.1. The Balaban J connectivity index is 1.85. The molecule has 0 saturated carbocycles. The number of thiophene rings is 1. The van der Waals surface area contributed by atoms with Gasteiger partial charge in [0.05, 0.1) is 27.8 Å². The Hall–Kier alpha value is -2.41. The minimum absolute atomic E-state index is 0.0564. The smallest absolute Gasteiger partial charge is 0.323 e. The van der Waals surface area contributed by atoms with Crippen LogP contribution in [0.15, 0.2) is 53.0 Å². The van der Waals surface area contributed by atoms with Crippen LogP contribution in [0.3, 0.4) is 0 Å². The average Bonchev–Trinajstić information content (AvgIpc) is 3.32. The van der Waals surface area contributed by atoms with Crippen LogP contribution in [0.5, 0.6) is 0 Å². The first-order chi connectivity index (χ1) is 14.0. The summed E-state index contributed by atoms with van der Waals surface area (Å²) in [5.74, 6) is -0.823. The molecular formula is C17H14ClF3N4O3S2. The van der Waals surface area contributed by atoms with Gasteiger partial charge >= 0.3 is 6.18 Å². The van der Waals surface area contributed by atoms with Crippen LogP contribution < -0.4 is 5.32 Å². The lowest BCUT2D eigenvalue weighted by atomic mass is 10.1. The quantitative estimate of drug-likeness (QED) is 0.583. The summed E-state index contributed by atoms with van der Waals surface area (Å²) in [4.78, 5) is 12.4. The van der Waals surface area contributed by atoms with Gasteiger partial charge in [-0.05, 0) is 36.4 Å². The number of carbonyl (C=O) groups is 1. The van der Waals surface area contributed by atoms with E-state index in [0.29, 0.717) is 0 Å². The Morgan fingerprint density at radius 3 is 2.60 bits per heavy atom. The highest BCUT2D eigenvalue weighted by atomic mass is 35.5. The number of hydrogen-bond donors (Lipinski definition) is 1. The number of halogens is 4. The Kier molecular flexibility index (Phi) is 6.22. The molecule has 0 radical (unpaired) electrons. The Bertz CT molecular complexity index is 1160. The summed E-state index contributed by atoms with van der Waals surface area (Å²) in [6, 6.07) is 7.08. The molecule has 0 spiro atoms. The van der Waals surface area contributed by atoms with Crippen LogP contribution in [0.1, 0.15) is 5.56 Å². The number of aromatic nitrogens is 2. The molecule has 1 N–H and O–H groups in total. The van der Waals surface area contributed by atoms with E-state index < -0.39 is 34.2 Å². The second kappa shape index (κ2) is 8.38. The standard InChI is InChI=1S/C17H14ClF3N4O3S2/c1-24(30(27,28)16-6-5-14(18)29-16)10-15(26)23-12-9-11(17(19,20)21)3-4-13(12)25-8-2-7-22-25/h2-9H,10H2,1H3,(H,23,26). The van der Waals surface area contributed by atoms with Gasteiger partial charge in [-0.25, -0.2) is 13.1 Å². The van der Waals surface area contributed by atoms with Crippen LogP contribution in [0, 0.1) is 0 Å². The van der Waals surface area contributed by atoms with E-state index >= 15 is 0 Å². The minimum atomic E-state index is -4.62. The number of nitrogens with one attached hydrogen (secondary N) is 1. The normalized spacial score (nSPS) is 12.3. The third kappa shape index (κ3) is 4.83. The third-order valence-corrected chi connectivity index (χ3v) is 7.43. The number of amides is 1. The highest BCUT2D eigenvalue weighted by Gasteiger charge is 2.32. The molecule has 0 atom stereocenters. The van der Waals surface area contributed by atoms with Gasteiger partial charge < -0.3 is 5.32 Å². The van der Waals surface area contributed by atoms with E-state index in [1.54, 1.807) is 6.07 Å². The van der Waals surface area contributed by atoms with Crippen molar-refractivity contribution in [2.45, 2.75) is 10.4 Å². The molecule has 2 heterocycles. The predicted molar refractivity (Wildman–Crippen MR) is 106 cm³/mol. The average molecular weight is 479 g/mol. The van der Waals surface area contributed by atoms with Crippen molar-refractivity contribution >= 4 is 44.6 Å². The fraction of sp³-hybridized carbons (Fsp3) is 0.176. The van der Waals surface area contributed by atoms with Crippen molar-refractivity contribution in [3.05, 3.63) is 58.7 Å². The summed E-state index contributed by atoms with van der Waals surface area (Å²) in [7, 11) is -2.80. The summed E-state index contributed by atoms with van der Waals surface area (Å²) >= 11 is 6.59. The molecule has 7 nitrogen and oxygen atoms in total. The topological polar surface area (TPSA) is 84.3 Å². The fourth-order valence-corrected chi connectivity index (χ4v) is 5.31. The molecule has 0 fully saturated rings. The first kappa shape index (κ1) is 22.3. The van der Waals surface area contributed by atoms with Crippen LogP contribution in [0.2, 0.25) is 4.34 Å². The molecule has 30 heavy (non-hydrogen) atoms. The van der Waals surface area contributed by atoms with Crippen LogP contribution in [-0.2, 0) is 21.0 Å². The number of hydrogen-bond acceptors (Lipinski definition) is 5. The number of likely N-dealkylation sites (N-methyl/N-ethyl adjacent to an activating group) is 1. The van der Waals surface area contributed by atoms with Crippen molar-refractivity contribution in [1.29, 1.82) is 0 Å². The molecule has 0 aliphatic rings. The number of alkyl halides is 3. The Morgan fingerprint density at radius 1 is 1.30 bits per heavy atom. The Labute approximate surface area is 178 Å². The molecule has 3 aromatic rings. The van der Waals surface area contributed by atoms with E-state index in [-0.39, 0.29) is 19.9 Å². The zero-order valence-corrected chi connectivity index (χ0v) is 17.6. The Morgan fingerprint density at radius 2 is 2.03 bits per heavy atom. The number of carbonyl (C=O) groups excluding carboxylic acids is 1. The summed E-state index contributed by atoms with van der Waals surface area (Å²) < 4.78 is 66.6. The lowest BCUT2D eigenvalue weighted by Gasteiger charge is -2.18. The van der Waals surface area contributed by atoms with Gasteiger partial charge in [0.25, 0.3) is 10.0 Å². The first-order valence-corrected chi connectivity index (χ1v) is 10.8. The van der Waals surface area contributed by atoms with Gasteiger partial charge in [-0.3, -0.25) is 4.79 Å². The van der Waals surface area contributed by atoms with Crippen LogP contribution in [-0.4, -0.2) is 42.0 Å². The first-order valence-electron chi connectivity index (χ1n) is 8.21. The van der Waals surface area contributed by atoms with Crippen molar-refractivity contribution in [2.24, 2.45) is 0 Å². The highest BCUT2D eigenvalue weighted by molar-refractivity contribution is 7.91. The molecule has 3 rings (SSSR count). The monoisotopic (exact) mass is 478 g/mol. The molecular weight excluding hydrogens is 465 g/mol. The molecule has 0 unspecified atom stereocenters.